The van der Waals surface area contributed by atoms with Crippen LogP contribution in [-0.4, -0.2) is 4.98 Å². The van der Waals surface area contributed by atoms with Crippen molar-refractivity contribution < 1.29 is 13.2 Å². The van der Waals surface area contributed by atoms with E-state index in [1.807, 2.05) is 42.5 Å². The van der Waals surface area contributed by atoms with Crippen LogP contribution in [0.25, 0.3) is 44.6 Å². The van der Waals surface area contributed by atoms with Gasteiger partial charge in [-0.05, 0) is 57.6 Å². The van der Waals surface area contributed by atoms with Crippen LogP contribution >= 0.6 is 0 Å². The standard InChI is InChI=1S/C30H20F3N/c31-30(32,33)28-5-3-4-27(20-28)25-13-11-23(12-14-25)21-7-9-22(10-8-21)24-15-17-26(18-16-24)29-6-1-2-19-34-29/h1-20H. The van der Waals surface area contributed by atoms with Gasteiger partial charge in [-0.1, -0.05) is 91.0 Å². The molecule has 0 unspecified atom stereocenters. The predicted molar refractivity (Wildman–Crippen MR) is 131 cm³/mol. The molecule has 0 bridgehead atoms. The van der Waals surface area contributed by atoms with Gasteiger partial charge in [-0.15, -0.1) is 0 Å². The Morgan fingerprint density at radius 2 is 0.912 bits per heavy atom. The van der Waals surface area contributed by atoms with Crippen molar-refractivity contribution in [3.63, 3.8) is 0 Å². The monoisotopic (exact) mass is 451 g/mol. The molecule has 1 aromatic heterocycles. The lowest BCUT2D eigenvalue weighted by Gasteiger charge is -2.10. The molecule has 0 atom stereocenters. The summed E-state index contributed by atoms with van der Waals surface area (Å²) in [6.45, 7) is 0. The molecule has 5 aromatic rings. The number of halogens is 3. The van der Waals surface area contributed by atoms with Crippen LogP contribution < -0.4 is 0 Å². The van der Waals surface area contributed by atoms with Crippen molar-refractivity contribution in [1.29, 1.82) is 0 Å². The molecule has 0 saturated carbocycles. The van der Waals surface area contributed by atoms with E-state index in [2.05, 4.69) is 53.5 Å². The molecule has 1 heterocycles. The first-order chi connectivity index (χ1) is 16.5. The molecule has 4 heteroatoms. The molecule has 0 aliphatic heterocycles. The third kappa shape index (κ3) is 4.62. The summed E-state index contributed by atoms with van der Waals surface area (Å²) in [4.78, 5) is 4.39. The number of nitrogens with zero attached hydrogens (tertiary/aromatic N) is 1. The molecular weight excluding hydrogens is 431 g/mol. The molecular formula is C30H20F3N. The topological polar surface area (TPSA) is 12.9 Å². The van der Waals surface area contributed by atoms with Gasteiger partial charge in [-0.2, -0.15) is 13.2 Å². The van der Waals surface area contributed by atoms with E-state index in [-0.39, 0.29) is 0 Å². The summed E-state index contributed by atoms with van der Waals surface area (Å²) in [5.41, 5.74) is 6.95. The third-order valence-corrected chi connectivity index (χ3v) is 5.81. The average Bonchev–Trinajstić information content (AvgIpc) is 2.89. The van der Waals surface area contributed by atoms with Gasteiger partial charge in [0.25, 0.3) is 0 Å². The minimum Gasteiger partial charge on any atom is -0.256 e. The number of rotatable bonds is 4. The zero-order valence-electron chi connectivity index (χ0n) is 18.1. The van der Waals surface area contributed by atoms with Crippen LogP contribution in [0.4, 0.5) is 13.2 Å². The second kappa shape index (κ2) is 8.99. The molecule has 0 fully saturated rings. The predicted octanol–water partition coefficient (Wildman–Crippen LogP) is 8.77. The summed E-state index contributed by atoms with van der Waals surface area (Å²) in [6, 6.07) is 35.4. The maximum Gasteiger partial charge on any atom is 0.416 e. The lowest BCUT2D eigenvalue weighted by atomic mass is 9.97. The Labute approximate surface area is 196 Å². The highest BCUT2D eigenvalue weighted by atomic mass is 19.4. The zero-order chi connectivity index (χ0) is 23.5. The second-order valence-electron chi connectivity index (χ2n) is 8.03. The Morgan fingerprint density at radius 1 is 0.441 bits per heavy atom. The largest absolute Gasteiger partial charge is 0.416 e. The number of hydrogen-bond donors (Lipinski definition) is 0. The number of hydrogen-bond acceptors (Lipinski definition) is 1. The molecule has 0 aliphatic rings. The molecule has 0 spiro atoms. The van der Waals surface area contributed by atoms with Crippen molar-refractivity contribution in [2.45, 2.75) is 6.18 Å². The van der Waals surface area contributed by atoms with Gasteiger partial charge >= 0.3 is 6.18 Å². The van der Waals surface area contributed by atoms with Gasteiger partial charge in [0.1, 0.15) is 0 Å². The molecule has 0 N–H and O–H groups in total. The normalized spacial score (nSPS) is 11.4. The third-order valence-electron chi connectivity index (χ3n) is 5.81. The van der Waals surface area contributed by atoms with Crippen LogP contribution in [0.15, 0.2) is 121 Å². The van der Waals surface area contributed by atoms with Crippen LogP contribution in [0.1, 0.15) is 5.56 Å². The van der Waals surface area contributed by atoms with Crippen molar-refractivity contribution in [3.8, 4) is 44.6 Å². The Balaban J connectivity index is 1.34. The minimum atomic E-state index is -4.35. The van der Waals surface area contributed by atoms with E-state index in [4.69, 9.17) is 0 Å². The SMILES string of the molecule is FC(F)(F)c1cccc(-c2ccc(-c3ccc(-c4ccc(-c5ccccn5)cc4)cc3)cc2)c1. The maximum atomic E-state index is 13.0. The number of aromatic nitrogens is 1. The molecule has 4 aromatic carbocycles. The van der Waals surface area contributed by atoms with Gasteiger partial charge in [-0.25, -0.2) is 0 Å². The fourth-order valence-corrected chi connectivity index (χ4v) is 3.95. The summed E-state index contributed by atoms with van der Waals surface area (Å²) >= 11 is 0. The highest BCUT2D eigenvalue weighted by Crippen LogP contribution is 2.33. The zero-order valence-corrected chi connectivity index (χ0v) is 18.1. The highest BCUT2D eigenvalue weighted by Gasteiger charge is 2.30. The minimum absolute atomic E-state index is 0.547. The lowest BCUT2D eigenvalue weighted by molar-refractivity contribution is -0.137. The smallest absolute Gasteiger partial charge is 0.256 e. The van der Waals surface area contributed by atoms with Crippen LogP contribution in [0.2, 0.25) is 0 Å². The Bertz CT molecular complexity index is 1390. The maximum absolute atomic E-state index is 13.0. The molecule has 1 nitrogen and oxygen atoms in total. The Kier molecular flexibility index (Phi) is 5.72. The van der Waals surface area contributed by atoms with Gasteiger partial charge in [0.15, 0.2) is 0 Å². The van der Waals surface area contributed by atoms with Crippen molar-refractivity contribution in [2.24, 2.45) is 0 Å². The first-order valence-corrected chi connectivity index (χ1v) is 10.9. The summed E-state index contributed by atoms with van der Waals surface area (Å²) in [5.74, 6) is 0. The van der Waals surface area contributed by atoms with Crippen molar-refractivity contribution in [2.75, 3.05) is 0 Å². The Hall–Kier alpha value is -4.18. The summed E-state index contributed by atoms with van der Waals surface area (Å²) in [5, 5.41) is 0. The molecule has 0 saturated heterocycles. The summed E-state index contributed by atoms with van der Waals surface area (Å²) in [7, 11) is 0. The van der Waals surface area contributed by atoms with Crippen molar-refractivity contribution in [1.82, 2.24) is 4.98 Å². The van der Waals surface area contributed by atoms with E-state index in [1.165, 1.54) is 12.1 Å². The van der Waals surface area contributed by atoms with Gasteiger partial charge < -0.3 is 0 Å². The summed E-state index contributed by atoms with van der Waals surface area (Å²) in [6.07, 6.45) is -2.56. The van der Waals surface area contributed by atoms with Gasteiger partial charge in [0, 0.05) is 11.8 Å². The first kappa shape index (κ1) is 21.7. The van der Waals surface area contributed by atoms with E-state index in [0.717, 1.165) is 45.1 Å². The van der Waals surface area contributed by atoms with Gasteiger partial charge in [0.2, 0.25) is 0 Å². The number of benzene rings is 4. The fourth-order valence-electron chi connectivity index (χ4n) is 3.95. The Morgan fingerprint density at radius 3 is 1.35 bits per heavy atom. The molecule has 0 radical (unpaired) electrons. The summed E-state index contributed by atoms with van der Waals surface area (Å²) < 4.78 is 39.1. The molecule has 34 heavy (non-hydrogen) atoms. The quantitative estimate of drug-likeness (QED) is 0.266. The molecule has 5 rings (SSSR count). The molecule has 166 valence electrons. The highest BCUT2D eigenvalue weighted by molar-refractivity contribution is 5.74. The molecule has 0 aliphatic carbocycles. The van der Waals surface area contributed by atoms with Crippen molar-refractivity contribution >= 4 is 0 Å². The van der Waals surface area contributed by atoms with E-state index in [0.29, 0.717) is 5.56 Å². The van der Waals surface area contributed by atoms with Gasteiger partial charge in [-0.3, -0.25) is 4.98 Å². The number of pyridine rings is 1. The fraction of sp³-hybridized carbons (Fsp3) is 0.0333. The van der Waals surface area contributed by atoms with Crippen LogP contribution in [-0.2, 0) is 6.18 Å². The van der Waals surface area contributed by atoms with Gasteiger partial charge in [0.05, 0.1) is 11.3 Å². The van der Waals surface area contributed by atoms with E-state index in [1.54, 1.807) is 12.3 Å². The van der Waals surface area contributed by atoms with E-state index < -0.39 is 11.7 Å². The van der Waals surface area contributed by atoms with Crippen LogP contribution in [0.3, 0.4) is 0 Å². The lowest BCUT2D eigenvalue weighted by Crippen LogP contribution is -2.04. The van der Waals surface area contributed by atoms with Crippen LogP contribution in [0.5, 0.6) is 0 Å². The molecule has 0 amide bonds. The van der Waals surface area contributed by atoms with E-state index >= 15 is 0 Å². The average molecular weight is 451 g/mol. The van der Waals surface area contributed by atoms with E-state index in [9.17, 15) is 13.2 Å². The van der Waals surface area contributed by atoms with Crippen LogP contribution in [0, 0.1) is 0 Å². The second-order valence-corrected chi connectivity index (χ2v) is 8.03. The van der Waals surface area contributed by atoms with Crippen molar-refractivity contribution in [3.05, 3.63) is 127 Å². The first-order valence-electron chi connectivity index (χ1n) is 10.9. The number of alkyl halides is 3.